The molecular weight excluding hydrogens is 372 g/mol. The normalized spacial score (nSPS) is 16.0. The van der Waals surface area contributed by atoms with E-state index in [1.54, 1.807) is 10.7 Å². The highest BCUT2D eigenvalue weighted by atomic mass is 32.2. The highest BCUT2D eigenvalue weighted by molar-refractivity contribution is 7.98. The van der Waals surface area contributed by atoms with Gasteiger partial charge in [0, 0.05) is 17.9 Å². The first-order valence-electron chi connectivity index (χ1n) is 9.00. The van der Waals surface area contributed by atoms with E-state index >= 15 is 0 Å². The first-order chi connectivity index (χ1) is 13.7. The molecular formula is C19H18N8S. The van der Waals surface area contributed by atoms with Gasteiger partial charge in [-0.05, 0) is 44.2 Å². The predicted octanol–water partition coefficient (Wildman–Crippen LogP) is 3.09. The number of hydrogen-bond donors (Lipinski definition) is 0. The molecule has 3 aromatic heterocycles. The SMILES string of the molecule is CSc1nc2nnc(-c3ccnc(N4c5ccccc5CC4C)n3)c(C)n2n1. The van der Waals surface area contributed by atoms with Crippen LogP contribution in [0.2, 0.25) is 0 Å². The first-order valence-corrected chi connectivity index (χ1v) is 10.2. The molecule has 0 aliphatic carbocycles. The van der Waals surface area contributed by atoms with Gasteiger partial charge in [-0.1, -0.05) is 30.0 Å². The average Bonchev–Trinajstić information content (AvgIpc) is 3.28. The molecule has 1 aliphatic heterocycles. The van der Waals surface area contributed by atoms with Crippen LogP contribution in [0.15, 0.2) is 41.7 Å². The molecule has 0 radical (unpaired) electrons. The zero-order chi connectivity index (χ0) is 19.3. The number of benzene rings is 1. The van der Waals surface area contributed by atoms with Gasteiger partial charge in [0.1, 0.15) is 5.69 Å². The van der Waals surface area contributed by atoms with Crippen molar-refractivity contribution in [2.45, 2.75) is 31.5 Å². The molecule has 9 heteroatoms. The predicted molar refractivity (Wildman–Crippen MR) is 108 cm³/mol. The van der Waals surface area contributed by atoms with Crippen LogP contribution in [0.5, 0.6) is 0 Å². The summed E-state index contributed by atoms with van der Waals surface area (Å²) in [5.74, 6) is 1.15. The second kappa shape index (κ2) is 6.52. The Balaban J connectivity index is 1.60. The average molecular weight is 390 g/mol. The number of aryl methyl sites for hydroxylation is 1. The number of aromatic nitrogens is 7. The van der Waals surface area contributed by atoms with Crippen LogP contribution in [-0.4, -0.2) is 47.1 Å². The zero-order valence-electron chi connectivity index (χ0n) is 15.7. The van der Waals surface area contributed by atoms with Crippen molar-refractivity contribution in [2.24, 2.45) is 0 Å². The van der Waals surface area contributed by atoms with E-state index in [9.17, 15) is 0 Å². The fourth-order valence-electron chi connectivity index (χ4n) is 3.63. The molecule has 4 heterocycles. The van der Waals surface area contributed by atoms with Gasteiger partial charge >= 0.3 is 0 Å². The maximum absolute atomic E-state index is 4.81. The molecule has 1 unspecified atom stereocenters. The van der Waals surface area contributed by atoms with Crippen molar-refractivity contribution < 1.29 is 0 Å². The lowest BCUT2D eigenvalue weighted by molar-refractivity contribution is 0.739. The van der Waals surface area contributed by atoms with Crippen LogP contribution < -0.4 is 4.90 Å². The zero-order valence-corrected chi connectivity index (χ0v) is 16.6. The third-order valence-electron chi connectivity index (χ3n) is 4.96. The fourth-order valence-corrected chi connectivity index (χ4v) is 3.97. The number of para-hydroxylation sites is 1. The van der Waals surface area contributed by atoms with Crippen LogP contribution in [0, 0.1) is 6.92 Å². The summed E-state index contributed by atoms with van der Waals surface area (Å²) in [6.45, 7) is 4.14. The second-order valence-corrected chi connectivity index (χ2v) is 7.51. The molecule has 0 amide bonds. The standard InChI is InChI=1S/C19H18N8S/c1-11-10-13-6-4-5-7-15(13)26(11)17-20-9-8-14(21-17)16-12(2)27-18(24-23-16)22-19(25-27)28-3/h4-9,11H,10H2,1-3H3. The van der Waals surface area contributed by atoms with Gasteiger partial charge in [0.2, 0.25) is 11.1 Å². The van der Waals surface area contributed by atoms with Crippen molar-refractivity contribution in [1.29, 1.82) is 0 Å². The van der Waals surface area contributed by atoms with Gasteiger partial charge in [0.25, 0.3) is 5.78 Å². The summed E-state index contributed by atoms with van der Waals surface area (Å²) in [7, 11) is 0. The summed E-state index contributed by atoms with van der Waals surface area (Å²) in [4.78, 5) is 15.9. The van der Waals surface area contributed by atoms with Crippen molar-refractivity contribution in [3.05, 3.63) is 47.8 Å². The van der Waals surface area contributed by atoms with Gasteiger partial charge in [0.05, 0.1) is 11.4 Å². The van der Waals surface area contributed by atoms with E-state index in [-0.39, 0.29) is 0 Å². The number of thioether (sulfide) groups is 1. The Labute approximate surface area is 166 Å². The summed E-state index contributed by atoms with van der Waals surface area (Å²) in [6, 6.07) is 10.5. The fraction of sp³-hybridized carbons (Fsp3) is 0.263. The minimum absolute atomic E-state index is 0.293. The number of rotatable bonds is 3. The van der Waals surface area contributed by atoms with Crippen LogP contribution in [0.3, 0.4) is 0 Å². The van der Waals surface area contributed by atoms with E-state index in [4.69, 9.17) is 4.98 Å². The van der Waals surface area contributed by atoms with Crippen LogP contribution in [0.4, 0.5) is 11.6 Å². The Bertz CT molecular complexity index is 1190. The monoisotopic (exact) mass is 390 g/mol. The first kappa shape index (κ1) is 17.1. The third kappa shape index (κ3) is 2.62. The molecule has 0 N–H and O–H groups in total. The maximum Gasteiger partial charge on any atom is 0.272 e. The molecule has 0 bridgehead atoms. The van der Waals surface area contributed by atoms with E-state index in [0.29, 0.717) is 28.6 Å². The van der Waals surface area contributed by atoms with E-state index in [1.165, 1.54) is 17.3 Å². The van der Waals surface area contributed by atoms with E-state index in [2.05, 4.69) is 55.3 Å². The molecule has 28 heavy (non-hydrogen) atoms. The topological polar surface area (TPSA) is 85.0 Å². The Morgan fingerprint density at radius 2 is 1.96 bits per heavy atom. The second-order valence-electron chi connectivity index (χ2n) is 6.74. The lowest BCUT2D eigenvalue weighted by Crippen LogP contribution is -2.26. The molecule has 4 aromatic rings. The van der Waals surface area contributed by atoms with Crippen molar-refractivity contribution in [1.82, 2.24) is 34.8 Å². The third-order valence-corrected chi connectivity index (χ3v) is 5.50. The van der Waals surface area contributed by atoms with Crippen molar-refractivity contribution in [3.8, 4) is 11.4 Å². The van der Waals surface area contributed by atoms with E-state index < -0.39 is 0 Å². The smallest absolute Gasteiger partial charge is 0.272 e. The Kier molecular flexibility index (Phi) is 3.97. The molecule has 1 aromatic carbocycles. The largest absolute Gasteiger partial charge is 0.307 e. The van der Waals surface area contributed by atoms with Crippen molar-refractivity contribution >= 4 is 29.2 Å². The van der Waals surface area contributed by atoms with Crippen LogP contribution in [0.25, 0.3) is 17.2 Å². The molecule has 5 rings (SSSR count). The van der Waals surface area contributed by atoms with Gasteiger partial charge in [-0.3, -0.25) is 0 Å². The number of hydrogen-bond acceptors (Lipinski definition) is 8. The van der Waals surface area contributed by atoms with Gasteiger partial charge in [0.15, 0.2) is 0 Å². The molecule has 0 saturated carbocycles. The van der Waals surface area contributed by atoms with Gasteiger partial charge in [-0.25, -0.2) is 9.97 Å². The Morgan fingerprint density at radius 1 is 1.11 bits per heavy atom. The number of nitrogens with zero attached hydrogens (tertiary/aromatic N) is 8. The van der Waals surface area contributed by atoms with Crippen LogP contribution >= 0.6 is 11.8 Å². The summed E-state index contributed by atoms with van der Waals surface area (Å²) in [6.07, 6.45) is 4.68. The summed E-state index contributed by atoms with van der Waals surface area (Å²) >= 11 is 1.47. The van der Waals surface area contributed by atoms with Crippen LogP contribution in [0.1, 0.15) is 18.2 Å². The molecule has 1 atom stereocenters. The van der Waals surface area contributed by atoms with Crippen molar-refractivity contribution in [3.63, 3.8) is 0 Å². The Hall–Kier alpha value is -3.07. The quantitative estimate of drug-likeness (QED) is 0.493. The summed E-state index contributed by atoms with van der Waals surface area (Å²) < 4.78 is 1.71. The van der Waals surface area contributed by atoms with Gasteiger partial charge in [-0.15, -0.1) is 15.3 Å². The highest BCUT2D eigenvalue weighted by Gasteiger charge is 2.29. The highest BCUT2D eigenvalue weighted by Crippen LogP contribution is 2.36. The molecule has 0 saturated heterocycles. The molecule has 8 nitrogen and oxygen atoms in total. The van der Waals surface area contributed by atoms with Crippen molar-refractivity contribution in [2.75, 3.05) is 11.2 Å². The lowest BCUT2D eigenvalue weighted by Gasteiger charge is -2.22. The summed E-state index contributed by atoms with van der Waals surface area (Å²) in [5, 5.41) is 13.7. The van der Waals surface area contributed by atoms with Gasteiger partial charge in [-0.2, -0.15) is 9.50 Å². The number of fused-ring (bicyclic) bond motifs is 2. The van der Waals surface area contributed by atoms with Crippen LogP contribution in [-0.2, 0) is 6.42 Å². The Morgan fingerprint density at radius 3 is 2.82 bits per heavy atom. The molecule has 1 aliphatic rings. The number of anilines is 2. The molecule has 140 valence electrons. The molecule has 0 spiro atoms. The van der Waals surface area contributed by atoms with E-state index in [1.807, 2.05) is 25.3 Å². The maximum atomic E-state index is 4.81. The van der Waals surface area contributed by atoms with Gasteiger partial charge < -0.3 is 4.90 Å². The minimum Gasteiger partial charge on any atom is -0.307 e. The lowest BCUT2D eigenvalue weighted by atomic mass is 10.1. The minimum atomic E-state index is 0.293. The summed E-state index contributed by atoms with van der Waals surface area (Å²) in [5.41, 5.74) is 4.71. The molecule has 0 fully saturated rings. The van der Waals surface area contributed by atoms with E-state index in [0.717, 1.165) is 23.5 Å².